The second-order valence-corrected chi connectivity index (χ2v) is 7.23. The van der Waals surface area contributed by atoms with Crippen LogP contribution in [-0.2, 0) is 24.6 Å². The topological polar surface area (TPSA) is 59.4 Å². The minimum atomic E-state index is -0.0368. The molecule has 6 nitrogen and oxygen atoms in total. The van der Waals surface area contributed by atoms with Crippen molar-refractivity contribution in [1.29, 1.82) is 0 Å². The van der Waals surface area contributed by atoms with Gasteiger partial charge in [-0.15, -0.1) is 0 Å². The summed E-state index contributed by atoms with van der Waals surface area (Å²) in [5.74, 6) is -0.0368. The minimum Gasteiger partial charge on any atom is -0.375 e. The first-order chi connectivity index (χ1) is 11.6. The van der Waals surface area contributed by atoms with E-state index in [1.54, 1.807) is 0 Å². The van der Waals surface area contributed by atoms with Crippen LogP contribution in [0.4, 0.5) is 0 Å². The zero-order valence-corrected chi connectivity index (χ0v) is 15.2. The number of amides is 1. The van der Waals surface area contributed by atoms with E-state index >= 15 is 0 Å². The fourth-order valence-electron chi connectivity index (χ4n) is 3.77. The van der Waals surface area contributed by atoms with Gasteiger partial charge in [0.25, 0.3) is 5.91 Å². The van der Waals surface area contributed by atoms with Gasteiger partial charge in [-0.25, -0.2) is 0 Å². The quantitative estimate of drug-likeness (QED) is 0.887. The molecule has 0 spiro atoms. The van der Waals surface area contributed by atoms with Crippen molar-refractivity contribution < 1.29 is 9.53 Å². The van der Waals surface area contributed by atoms with Crippen molar-refractivity contribution in [3.8, 4) is 0 Å². The minimum absolute atomic E-state index is 0.0368. The summed E-state index contributed by atoms with van der Waals surface area (Å²) in [4.78, 5) is 14.9. The summed E-state index contributed by atoms with van der Waals surface area (Å²) in [5.41, 5.74) is 3.01. The van der Waals surface area contributed by atoms with E-state index in [1.165, 1.54) is 12.1 Å². The van der Waals surface area contributed by atoms with Crippen LogP contribution >= 0.6 is 0 Å². The number of nitrogens with one attached hydrogen (secondary N) is 1. The molecule has 24 heavy (non-hydrogen) atoms. The number of aryl methyl sites for hydroxylation is 1. The van der Waals surface area contributed by atoms with Crippen LogP contribution in [0.1, 0.15) is 54.9 Å². The molecule has 1 atom stereocenters. The van der Waals surface area contributed by atoms with Crippen molar-refractivity contribution in [1.82, 2.24) is 20.0 Å². The molecular weight excluding hydrogens is 304 g/mol. The molecule has 2 aliphatic rings. The van der Waals surface area contributed by atoms with Gasteiger partial charge in [-0.05, 0) is 46.0 Å². The molecule has 1 aromatic heterocycles. The fourth-order valence-corrected chi connectivity index (χ4v) is 3.77. The summed E-state index contributed by atoms with van der Waals surface area (Å²) in [6, 6.07) is 0.547. The summed E-state index contributed by atoms with van der Waals surface area (Å²) < 4.78 is 7.71. The summed E-state index contributed by atoms with van der Waals surface area (Å²) >= 11 is 0. The standard InChI is InChI=1S/C18H30N4O2/c1-13(2)22-10-11-24-14(12-22)8-9-19-18(23)17-15-6-4-5-7-16(15)21(3)20-17/h13-14H,4-12H2,1-3H3,(H,19,23). The number of carbonyl (C=O) groups excluding carboxylic acids is 1. The number of fused-ring (bicyclic) bond motifs is 1. The van der Waals surface area contributed by atoms with Gasteiger partial charge in [-0.2, -0.15) is 5.10 Å². The molecule has 6 heteroatoms. The number of carbonyl (C=O) groups is 1. The normalized spacial score (nSPS) is 21.8. The number of morpholine rings is 1. The third-order valence-electron chi connectivity index (χ3n) is 5.23. The lowest BCUT2D eigenvalue weighted by Gasteiger charge is -2.35. The SMILES string of the molecule is CC(C)N1CCOC(CCNC(=O)c2nn(C)c3c2CCCC3)C1. The van der Waals surface area contributed by atoms with Gasteiger partial charge < -0.3 is 10.1 Å². The Hall–Kier alpha value is -1.40. The van der Waals surface area contributed by atoms with Gasteiger partial charge in [0, 0.05) is 44.0 Å². The van der Waals surface area contributed by atoms with Gasteiger partial charge in [-0.1, -0.05) is 0 Å². The molecule has 0 radical (unpaired) electrons. The van der Waals surface area contributed by atoms with E-state index in [2.05, 4.69) is 29.2 Å². The monoisotopic (exact) mass is 334 g/mol. The van der Waals surface area contributed by atoms with Crippen LogP contribution in [0.5, 0.6) is 0 Å². The molecule has 1 fully saturated rings. The Labute approximate surface area is 144 Å². The van der Waals surface area contributed by atoms with Crippen LogP contribution in [0.2, 0.25) is 0 Å². The van der Waals surface area contributed by atoms with E-state index in [0.717, 1.165) is 50.9 Å². The Morgan fingerprint density at radius 2 is 2.17 bits per heavy atom. The second kappa shape index (κ2) is 7.66. The Balaban J connectivity index is 1.51. The fraction of sp³-hybridized carbons (Fsp3) is 0.778. The second-order valence-electron chi connectivity index (χ2n) is 7.23. The van der Waals surface area contributed by atoms with E-state index in [-0.39, 0.29) is 12.0 Å². The summed E-state index contributed by atoms with van der Waals surface area (Å²) in [6.45, 7) is 7.81. The van der Waals surface area contributed by atoms with Crippen molar-refractivity contribution in [3.05, 3.63) is 17.0 Å². The highest BCUT2D eigenvalue weighted by molar-refractivity contribution is 5.94. The number of hydrogen-bond donors (Lipinski definition) is 1. The largest absolute Gasteiger partial charge is 0.375 e. The van der Waals surface area contributed by atoms with Gasteiger partial charge in [0.15, 0.2) is 5.69 Å². The molecule has 1 aliphatic heterocycles. The molecule has 0 saturated carbocycles. The molecule has 1 aromatic rings. The maximum Gasteiger partial charge on any atom is 0.272 e. The van der Waals surface area contributed by atoms with Gasteiger partial charge in [-0.3, -0.25) is 14.4 Å². The zero-order valence-electron chi connectivity index (χ0n) is 15.2. The average molecular weight is 334 g/mol. The van der Waals surface area contributed by atoms with Crippen LogP contribution in [0.25, 0.3) is 0 Å². The third-order valence-corrected chi connectivity index (χ3v) is 5.23. The van der Waals surface area contributed by atoms with Crippen molar-refractivity contribution in [2.24, 2.45) is 7.05 Å². The highest BCUT2D eigenvalue weighted by Gasteiger charge is 2.25. The van der Waals surface area contributed by atoms with E-state index < -0.39 is 0 Å². The van der Waals surface area contributed by atoms with Gasteiger partial charge in [0.1, 0.15) is 0 Å². The molecule has 1 N–H and O–H groups in total. The summed E-state index contributed by atoms with van der Waals surface area (Å²) in [5, 5.41) is 7.50. The number of ether oxygens (including phenoxy) is 1. The van der Waals surface area contributed by atoms with Crippen LogP contribution in [0.15, 0.2) is 0 Å². The number of aromatic nitrogens is 2. The predicted molar refractivity (Wildman–Crippen MR) is 93.2 cm³/mol. The molecule has 1 amide bonds. The van der Waals surface area contributed by atoms with E-state index in [9.17, 15) is 4.79 Å². The first-order valence-corrected chi connectivity index (χ1v) is 9.25. The summed E-state index contributed by atoms with van der Waals surface area (Å²) in [7, 11) is 1.94. The molecule has 3 rings (SSSR count). The number of rotatable bonds is 5. The zero-order chi connectivity index (χ0) is 17.1. The van der Waals surface area contributed by atoms with Crippen molar-refractivity contribution >= 4 is 5.91 Å². The molecule has 1 saturated heterocycles. The van der Waals surface area contributed by atoms with Crippen molar-refractivity contribution in [2.45, 2.75) is 58.1 Å². The highest BCUT2D eigenvalue weighted by Crippen LogP contribution is 2.23. The molecule has 1 aliphatic carbocycles. The first-order valence-electron chi connectivity index (χ1n) is 9.25. The Kier molecular flexibility index (Phi) is 5.56. The first kappa shape index (κ1) is 17.4. The molecule has 2 heterocycles. The molecule has 134 valence electrons. The van der Waals surface area contributed by atoms with Crippen LogP contribution in [-0.4, -0.2) is 59.0 Å². The lowest BCUT2D eigenvalue weighted by Crippen LogP contribution is -2.46. The van der Waals surface area contributed by atoms with Crippen LogP contribution in [0.3, 0.4) is 0 Å². The average Bonchev–Trinajstić information content (AvgIpc) is 2.92. The lowest BCUT2D eigenvalue weighted by atomic mass is 9.95. The lowest BCUT2D eigenvalue weighted by molar-refractivity contribution is -0.0412. The van der Waals surface area contributed by atoms with E-state index in [1.807, 2.05) is 11.7 Å². The van der Waals surface area contributed by atoms with Crippen molar-refractivity contribution in [3.63, 3.8) is 0 Å². The van der Waals surface area contributed by atoms with Crippen LogP contribution < -0.4 is 5.32 Å². The Morgan fingerprint density at radius 1 is 1.38 bits per heavy atom. The van der Waals surface area contributed by atoms with Gasteiger partial charge >= 0.3 is 0 Å². The predicted octanol–water partition coefficient (Wildman–Crippen LogP) is 1.53. The summed E-state index contributed by atoms with van der Waals surface area (Å²) in [6.07, 6.45) is 5.41. The Bertz CT molecular complexity index is 582. The maximum atomic E-state index is 12.5. The molecule has 0 aromatic carbocycles. The highest BCUT2D eigenvalue weighted by atomic mass is 16.5. The van der Waals surface area contributed by atoms with Crippen molar-refractivity contribution in [2.75, 3.05) is 26.2 Å². The Morgan fingerprint density at radius 3 is 2.96 bits per heavy atom. The number of nitrogens with zero attached hydrogens (tertiary/aromatic N) is 3. The van der Waals surface area contributed by atoms with Gasteiger partial charge in [0.2, 0.25) is 0 Å². The maximum absolute atomic E-state index is 12.5. The van der Waals surface area contributed by atoms with E-state index in [0.29, 0.717) is 18.3 Å². The third kappa shape index (κ3) is 3.81. The molecule has 1 unspecified atom stereocenters. The van der Waals surface area contributed by atoms with E-state index in [4.69, 9.17) is 4.74 Å². The molecule has 0 bridgehead atoms. The molecular formula is C18H30N4O2. The van der Waals surface area contributed by atoms with Gasteiger partial charge in [0.05, 0.1) is 12.7 Å². The van der Waals surface area contributed by atoms with Crippen LogP contribution in [0, 0.1) is 0 Å². The number of hydrogen-bond acceptors (Lipinski definition) is 4. The smallest absolute Gasteiger partial charge is 0.272 e.